The molecule has 0 aliphatic carbocycles. The van der Waals surface area contributed by atoms with E-state index in [1.807, 2.05) is 37.4 Å². The van der Waals surface area contributed by atoms with Crippen LogP contribution in [0.1, 0.15) is 19.3 Å². The number of carbonyl (C=O) groups excluding carboxylic acids is 2. The average molecular weight is 394 g/mol. The van der Waals surface area contributed by atoms with Gasteiger partial charge in [-0.2, -0.15) is 0 Å². The molecule has 27 heavy (non-hydrogen) atoms. The minimum absolute atomic E-state index is 0.0267. The first-order valence-corrected chi connectivity index (χ1v) is 11.2. The number of anilines is 1. The summed E-state index contributed by atoms with van der Waals surface area (Å²) in [5, 5.41) is 2.92. The van der Waals surface area contributed by atoms with Crippen LogP contribution in [0.5, 0.6) is 0 Å². The summed E-state index contributed by atoms with van der Waals surface area (Å²) in [6.07, 6.45) is 1.46. The summed E-state index contributed by atoms with van der Waals surface area (Å²) in [5.41, 5.74) is 1.13. The van der Waals surface area contributed by atoms with Crippen LogP contribution < -0.4 is 10.2 Å². The Kier molecular flexibility index (Phi) is 6.04. The Hall–Kier alpha value is -2.09. The van der Waals surface area contributed by atoms with E-state index in [4.69, 9.17) is 0 Å². The van der Waals surface area contributed by atoms with Crippen molar-refractivity contribution in [1.29, 1.82) is 0 Å². The molecule has 0 bridgehead atoms. The maximum absolute atomic E-state index is 12.4. The largest absolute Gasteiger partial charge is 0.375 e. The number of sulfone groups is 1. The van der Waals surface area contributed by atoms with Crippen LogP contribution in [0.2, 0.25) is 0 Å². The lowest BCUT2D eigenvalue weighted by molar-refractivity contribution is -0.130. The first-order valence-electron chi connectivity index (χ1n) is 9.39. The minimum atomic E-state index is -3.04. The SMILES string of the molecule is CN(CCCNC(=O)[C@H]1CC(=O)N([C@@H]2CCS(=O)(=O)C2)C1)c1ccccc1. The molecule has 2 amide bonds. The van der Waals surface area contributed by atoms with Crippen molar-refractivity contribution in [2.45, 2.75) is 25.3 Å². The zero-order chi connectivity index (χ0) is 19.4. The Labute approximate surface area is 160 Å². The van der Waals surface area contributed by atoms with E-state index in [1.165, 1.54) is 0 Å². The van der Waals surface area contributed by atoms with Crippen LogP contribution in [0.25, 0.3) is 0 Å². The molecule has 8 heteroatoms. The Bertz CT molecular complexity index is 781. The second kappa shape index (κ2) is 8.29. The first kappa shape index (κ1) is 19.7. The highest BCUT2D eigenvalue weighted by molar-refractivity contribution is 7.91. The highest BCUT2D eigenvalue weighted by Crippen LogP contribution is 2.26. The molecule has 1 N–H and O–H groups in total. The van der Waals surface area contributed by atoms with Gasteiger partial charge in [0.05, 0.1) is 17.4 Å². The van der Waals surface area contributed by atoms with Crippen molar-refractivity contribution >= 4 is 27.3 Å². The number of rotatable bonds is 7. The standard InChI is InChI=1S/C19H27N3O4S/c1-21(16-6-3-2-4-7-16)10-5-9-20-19(24)15-12-18(23)22(13-15)17-8-11-27(25,26)14-17/h2-4,6-7,15,17H,5,8-14H2,1H3,(H,20,24)/t15-,17+/m0/s1. The molecular formula is C19H27N3O4S. The van der Waals surface area contributed by atoms with Crippen LogP contribution in [0.4, 0.5) is 5.69 Å². The molecular weight excluding hydrogens is 366 g/mol. The zero-order valence-electron chi connectivity index (χ0n) is 15.6. The van der Waals surface area contributed by atoms with Crippen molar-refractivity contribution in [2.75, 3.05) is 43.1 Å². The number of nitrogens with one attached hydrogen (secondary N) is 1. The number of amides is 2. The average Bonchev–Trinajstić information content (AvgIpc) is 3.21. The molecule has 148 valence electrons. The molecule has 2 aliphatic rings. The molecule has 2 saturated heterocycles. The van der Waals surface area contributed by atoms with Gasteiger partial charge in [0, 0.05) is 44.8 Å². The third-order valence-corrected chi connectivity index (χ3v) is 7.10. The lowest BCUT2D eigenvalue weighted by Crippen LogP contribution is -2.39. The fourth-order valence-corrected chi connectivity index (χ4v) is 5.50. The van der Waals surface area contributed by atoms with Gasteiger partial charge in [-0.1, -0.05) is 18.2 Å². The fourth-order valence-electron chi connectivity index (χ4n) is 3.77. The number of benzene rings is 1. The molecule has 0 aromatic heterocycles. The van der Waals surface area contributed by atoms with Crippen molar-refractivity contribution in [3.8, 4) is 0 Å². The smallest absolute Gasteiger partial charge is 0.225 e. The van der Waals surface area contributed by atoms with Gasteiger partial charge in [-0.05, 0) is 25.0 Å². The molecule has 1 aromatic rings. The molecule has 2 heterocycles. The predicted octanol–water partition coefficient (Wildman–Crippen LogP) is 0.665. The molecule has 3 rings (SSSR count). The summed E-state index contributed by atoms with van der Waals surface area (Å²) in [4.78, 5) is 28.3. The number of para-hydroxylation sites is 1. The van der Waals surface area contributed by atoms with Crippen molar-refractivity contribution < 1.29 is 18.0 Å². The summed E-state index contributed by atoms with van der Waals surface area (Å²) in [7, 11) is -1.03. The van der Waals surface area contributed by atoms with Gasteiger partial charge >= 0.3 is 0 Å². The van der Waals surface area contributed by atoms with Gasteiger partial charge in [-0.15, -0.1) is 0 Å². The van der Waals surface area contributed by atoms with Crippen molar-refractivity contribution in [3.63, 3.8) is 0 Å². The van der Waals surface area contributed by atoms with Crippen molar-refractivity contribution in [3.05, 3.63) is 30.3 Å². The van der Waals surface area contributed by atoms with E-state index in [1.54, 1.807) is 4.90 Å². The molecule has 7 nitrogen and oxygen atoms in total. The number of likely N-dealkylation sites (tertiary alicyclic amines) is 1. The van der Waals surface area contributed by atoms with Gasteiger partial charge in [-0.3, -0.25) is 9.59 Å². The summed E-state index contributed by atoms with van der Waals surface area (Å²) in [6, 6.07) is 9.78. The Morgan fingerprint density at radius 2 is 2.04 bits per heavy atom. The summed E-state index contributed by atoms with van der Waals surface area (Å²) < 4.78 is 23.3. The fraction of sp³-hybridized carbons (Fsp3) is 0.579. The van der Waals surface area contributed by atoms with E-state index in [-0.39, 0.29) is 41.7 Å². The number of carbonyl (C=O) groups is 2. The minimum Gasteiger partial charge on any atom is -0.375 e. The van der Waals surface area contributed by atoms with Gasteiger partial charge in [0.15, 0.2) is 9.84 Å². The van der Waals surface area contributed by atoms with Crippen LogP contribution >= 0.6 is 0 Å². The normalized spacial score (nSPS) is 24.2. The van der Waals surface area contributed by atoms with Gasteiger partial charge in [0.25, 0.3) is 0 Å². The van der Waals surface area contributed by atoms with E-state index in [9.17, 15) is 18.0 Å². The Morgan fingerprint density at radius 1 is 1.30 bits per heavy atom. The van der Waals surface area contributed by atoms with E-state index < -0.39 is 9.84 Å². The molecule has 2 aliphatic heterocycles. The number of hydrogen-bond donors (Lipinski definition) is 1. The van der Waals surface area contributed by atoms with Gasteiger partial charge in [0.2, 0.25) is 11.8 Å². The van der Waals surface area contributed by atoms with Crippen LogP contribution in [0, 0.1) is 5.92 Å². The van der Waals surface area contributed by atoms with Crippen LogP contribution in [-0.2, 0) is 19.4 Å². The van der Waals surface area contributed by atoms with Crippen molar-refractivity contribution in [1.82, 2.24) is 10.2 Å². The first-order chi connectivity index (χ1) is 12.9. The quantitative estimate of drug-likeness (QED) is 0.688. The molecule has 2 atom stereocenters. The summed E-state index contributed by atoms with van der Waals surface area (Å²) >= 11 is 0. The van der Waals surface area contributed by atoms with E-state index in [2.05, 4.69) is 10.2 Å². The molecule has 0 radical (unpaired) electrons. The maximum atomic E-state index is 12.4. The van der Waals surface area contributed by atoms with Gasteiger partial charge < -0.3 is 15.1 Å². The summed E-state index contributed by atoms with van der Waals surface area (Å²) in [5.74, 6) is -0.450. The van der Waals surface area contributed by atoms with Crippen molar-refractivity contribution in [2.24, 2.45) is 5.92 Å². The molecule has 2 fully saturated rings. The molecule has 0 spiro atoms. The van der Waals surface area contributed by atoms with E-state index in [0.717, 1.165) is 18.7 Å². The van der Waals surface area contributed by atoms with Crippen LogP contribution in [0.15, 0.2) is 30.3 Å². The molecule has 1 aromatic carbocycles. The Balaban J connectivity index is 1.41. The Morgan fingerprint density at radius 3 is 2.70 bits per heavy atom. The second-order valence-electron chi connectivity index (χ2n) is 7.41. The topological polar surface area (TPSA) is 86.8 Å². The highest BCUT2D eigenvalue weighted by Gasteiger charge is 2.41. The zero-order valence-corrected chi connectivity index (χ0v) is 16.5. The van der Waals surface area contributed by atoms with Gasteiger partial charge in [-0.25, -0.2) is 8.42 Å². The highest BCUT2D eigenvalue weighted by atomic mass is 32.2. The third kappa shape index (κ3) is 5.00. The third-order valence-electron chi connectivity index (χ3n) is 5.34. The lowest BCUT2D eigenvalue weighted by atomic mass is 10.1. The number of hydrogen-bond acceptors (Lipinski definition) is 5. The second-order valence-corrected chi connectivity index (χ2v) is 9.63. The maximum Gasteiger partial charge on any atom is 0.225 e. The van der Waals surface area contributed by atoms with Gasteiger partial charge in [0.1, 0.15) is 0 Å². The number of nitrogens with zero attached hydrogens (tertiary/aromatic N) is 2. The van der Waals surface area contributed by atoms with E-state index in [0.29, 0.717) is 19.5 Å². The van der Waals surface area contributed by atoms with Crippen LogP contribution in [-0.4, -0.2) is 69.4 Å². The summed E-state index contributed by atoms with van der Waals surface area (Å²) in [6.45, 7) is 1.70. The van der Waals surface area contributed by atoms with Crippen LogP contribution in [0.3, 0.4) is 0 Å². The van der Waals surface area contributed by atoms with E-state index >= 15 is 0 Å². The molecule has 0 saturated carbocycles. The lowest BCUT2D eigenvalue weighted by Gasteiger charge is -2.23. The monoisotopic (exact) mass is 393 g/mol. The molecule has 0 unspecified atom stereocenters. The predicted molar refractivity (Wildman–Crippen MR) is 104 cm³/mol.